The first-order valence-corrected chi connectivity index (χ1v) is 8.00. The molecule has 0 radical (unpaired) electrons. The number of benzene rings is 1. The minimum atomic E-state index is 0.0157. The summed E-state index contributed by atoms with van der Waals surface area (Å²) in [6, 6.07) is 6.02. The Morgan fingerprint density at radius 1 is 1.33 bits per heavy atom. The van der Waals surface area contributed by atoms with Crippen LogP contribution < -0.4 is 5.32 Å². The summed E-state index contributed by atoms with van der Waals surface area (Å²) in [7, 11) is 0. The van der Waals surface area contributed by atoms with Gasteiger partial charge in [0, 0.05) is 15.3 Å². The van der Waals surface area contributed by atoms with Crippen molar-refractivity contribution in [3.63, 3.8) is 0 Å². The molecular formula is C14H17Br2NO. The lowest BCUT2D eigenvalue weighted by molar-refractivity contribution is 0.0929. The highest BCUT2D eigenvalue weighted by atomic mass is 79.9. The number of hydrogen-bond donors (Lipinski definition) is 1. The van der Waals surface area contributed by atoms with Crippen molar-refractivity contribution in [2.45, 2.75) is 43.5 Å². The van der Waals surface area contributed by atoms with E-state index >= 15 is 0 Å². The second-order valence-corrected chi connectivity index (χ2v) is 6.79. The molecule has 1 saturated carbocycles. The largest absolute Gasteiger partial charge is 0.348 e. The number of aryl methyl sites for hydroxylation is 1. The van der Waals surface area contributed by atoms with Gasteiger partial charge in [0.25, 0.3) is 5.91 Å². The fourth-order valence-corrected chi connectivity index (χ4v) is 3.48. The van der Waals surface area contributed by atoms with Gasteiger partial charge in [-0.3, -0.25) is 4.79 Å². The molecule has 98 valence electrons. The number of carbonyl (C=O) groups excluding carboxylic acids is 1. The summed E-state index contributed by atoms with van der Waals surface area (Å²) in [4.78, 5) is 12.7. The molecule has 18 heavy (non-hydrogen) atoms. The zero-order valence-corrected chi connectivity index (χ0v) is 13.6. The Balaban J connectivity index is 2.09. The van der Waals surface area contributed by atoms with Gasteiger partial charge in [0.05, 0.1) is 5.56 Å². The number of nitrogens with one attached hydrogen (secondary N) is 1. The fourth-order valence-electron chi connectivity index (χ4n) is 2.32. The molecule has 1 N–H and O–H groups in total. The Bertz CT molecular complexity index is 447. The molecule has 2 atom stereocenters. The summed E-state index contributed by atoms with van der Waals surface area (Å²) in [6.07, 6.45) is 4.64. The van der Waals surface area contributed by atoms with Crippen molar-refractivity contribution in [2.75, 3.05) is 0 Å². The standard InChI is InChI=1S/C14H17Br2NO/c1-9-5-4-6-10(13(9)16)14(18)17-12-8-3-2-7-11(12)15/h4-6,11-12H,2-3,7-8H2,1H3,(H,17,18). The predicted molar refractivity (Wildman–Crippen MR) is 81.3 cm³/mol. The summed E-state index contributed by atoms with van der Waals surface area (Å²) in [5.74, 6) is 0.0157. The van der Waals surface area contributed by atoms with E-state index in [1.165, 1.54) is 12.8 Å². The molecule has 1 aliphatic rings. The molecule has 0 aliphatic heterocycles. The van der Waals surface area contributed by atoms with Crippen molar-refractivity contribution in [2.24, 2.45) is 0 Å². The summed E-state index contributed by atoms with van der Waals surface area (Å²) in [6.45, 7) is 1.99. The minimum absolute atomic E-state index is 0.0157. The summed E-state index contributed by atoms with van der Waals surface area (Å²) >= 11 is 7.15. The molecule has 1 fully saturated rings. The average molecular weight is 375 g/mol. The van der Waals surface area contributed by atoms with Crippen molar-refractivity contribution < 1.29 is 4.79 Å². The van der Waals surface area contributed by atoms with Gasteiger partial charge in [-0.1, -0.05) is 40.9 Å². The Hall–Kier alpha value is -0.350. The molecule has 1 aromatic carbocycles. The minimum Gasteiger partial charge on any atom is -0.348 e. The van der Waals surface area contributed by atoms with E-state index in [1.54, 1.807) is 0 Å². The third-order valence-electron chi connectivity index (χ3n) is 3.43. The molecule has 0 saturated heterocycles. The Labute approximate surface area is 125 Å². The lowest BCUT2D eigenvalue weighted by atomic mass is 9.95. The van der Waals surface area contributed by atoms with Crippen LogP contribution in [0.25, 0.3) is 0 Å². The third kappa shape index (κ3) is 3.15. The van der Waals surface area contributed by atoms with Crippen LogP contribution in [0, 0.1) is 6.92 Å². The van der Waals surface area contributed by atoms with Gasteiger partial charge in [-0.05, 0) is 47.3 Å². The molecule has 4 heteroatoms. The van der Waals surface area contributed by atoms with Gasteiger partial charge in [0.1, 0.15) is 0 Å². The third-order valence-corrected chi connectivity index (χ3v) is 5.58. The lowest BCUT2D eigenvalue weighted by Crippen LogP contribution is -2.42. The lowest BCUT2D eigenvalue weighted by Gasteiger charge is -2.28. The van der Waals surface area contributed by atoms with Crippen LogP contribution in [0.15, 0.2) is 22.7 Å². The zero-order chi connectivity index (χ0) is 13.1. The first-order valence-electron chi connectivity index (χ1n) is 6.29. The van der Waals surface area contributed by atoms with Gasteiger partial charge in [-0.15, -0.1) is 0 Å². The highest BCUT2D eigenvalue weighted by Crippen LogP contribution is 2.26. The van der Waals surface area contributed by atoms with Gasteiger partial charge in [-0.25, -0.2) is 0 Å². The molecule has 1 aliphatic carbocycles. The molecule has 2 nitrogen and oxygen atoms in total. The maximum absolute atomic E-state index is 12.3. The van der Waals surface area contributed by atoms with Gasteiger partial charge in [0.2, 0.25) is 0 Å². The number of carbonyl (C=O) groups is 1. The van der Waals surface area contributed by atoms with Crippen molar-refractivity contribution in [3.8, 4) is 0 Å². The Morgan fingerprint density at radius 3 is 2.78 bits per heavy atom. The van der Waals surface area contributed by atoms with E-state index in [-0.39, 0.29) is 11.9 Å². The zero-order valence-electron chi connectivity index (χ0n) is 10.4. The maximum atomic E-state index is 12.3. The monoisotopic (exact) mass is 373 g/mol. The summed E-state index contributed by atoms with van der Waals surface area (Å²) in [5, 5.41) is 3.14. The number of hydrogen-bond acceptors (Lipinski definition) is 1. The number of halogens is 2. The molecule has 1 amide bonds. The number of alkyl halides is 1. The second-order valence-electron chi connectivity index (χ2n) is 4.82. The highest BCUT2D eigenvalue weighted by molar-refractivity contribution is 9.10. The molecular weight excluding hydrogens is 358 g/mol. The average Bonchev–Trinajstić information content (AvgIpc) is 2.35. The predicted octanol–water partition coefficient (Wildman–Crippen LogP) is 4.19. The Kier molecular flexibility index (Phi) is 4.84. The number of rotatable bonds is 2. The molecule has 2 unspecified atom stereocenters. The molecule has 0 heterocycles. The first kappa shape index (κ1) is 14.1. The van der Waals surface area contributed by atoms with Crippen LogP contribution in [0.2, 0.25) is 0 Å². The van der Waals surface area contributed by atoms with Gasteiger partial charge in [-0.2, -0.15) is 0 Å². The van der Waals surface area contributed by atoms with Crippen LogP contribution in [0.1, 0.15) is 41.6 Å². The van der Waals surface area contributed by atoms with Crippen molar-refractivity contribution >= 4 is 37.8 Å². The van der Waals surface area contributed by atoms with E-state index in [2.05, 4.69) is 37.2 Å². The van der Waals surface area contributed by atoms with Crippen LogP contribution in [0.3, 0.4) is 0 Å². The highest BCUT2D eigenvalue weighted by Gasteiger charge is 2.25. The molecule has 2 rings (SSSR count). The van der Waals surface area contributed by atoms with Gasteiger partial charge in [0.15, 0.2) is 0 Å². The summed E-state index contributed by atoms with van der Waals surface area (Å²) < 4.78 is 0.893. The summed E-state index contributed by atoms with van der Waals surface area (Å²) in [5.41, 5.74) is 1.81. The van der Waals surface area contributed by atoms with Crippen LogP contribution in [0.4, 0.5) is 0 Å². The van der Waals surface area contributed by atoms with Crippen molar-refractivity contribution in [3.05, 3.63) is 33.8 Å². The fraction of sp³-hybridized carbons (Fsp3) is 0.500. The molecule has 1 aromatic rings. The van der Waals surface area contributed by atoms with Crippen LogP contribution in [-0.2, 0) is 0 Å². The normalized spacial score (nSPS) is 23.7. The molecule has 0 bridgehead atoms. The van der Waals surface area contributed by atoms with Crippen LogP contribution in [0.5, 0.6) is 0 Å². The van der Waals surface area contributed by atoms with Crippen molar-refractivity contribution in [1.29, 1.82) is 0 Å². The van der Waals surface area contributed by atoms with Gasteiger partial charge >= 0.3 is 0 Å². The molecule has 0 aromatic heterocycles. The quantitative estimate of drug-likeness (QED) is 0.772. The van der Waals surface area contributed by atoms with E-state index in [9.17, 15) is 4.79 Å². The SMILES string of the molecule is Cc1cccc(C(=O)NC2CCCCC2Br)c1Br. The van der Waals surface area contributed by atoms with Crippen molar-refractivity contribution in [1.82, 2.24) is 5.32 Å². The van der Waals surface area contributed by atoms with Gasteiger partial charge < -0.3 is 5.32 Å². The van der Waals surface area contributed by atoms with E-state index in [0.717, 1.165) is 28.4 Å². The number of amides is 1. The maximum Gasteiger partial charge on any atom is 0.252 e. The van der Waals surface area contributed by atoms with Crippen LogP contribution in [-0.4, -0.2) is 16.8 Å². The van der Waals surface area contributed by atoms with E-state index in [4.69, 9.17) is 0 Å². The Morgan fingerprint density at radius 2 is 2.06 bits per heavy atom. The van der Waals surface area contributed by atoms with E-state index in [1.807, 2.05) is 25.1 Å². The smallest absolute Gasteiger partial charge is 0.252 e. The van der Waals surface area contributed by atoms with E-state index in [0.29, 0.717) is 4.83 Å². The van der Waals surface area contributed by atoms with Crippen LogP contribution >= 0.6 is 31.9 Å². The molecule has 0 spiro atoms. The second kappa shape index (κ2) is 6.20. The topological polar surface area (TPSA) is 29.1 Å². The van der Waals surface area contributed by atoms with E-state index < -0.39 is 0 Å². The first-order chi connectivity index (χ1) is 8.59.